The quantitative estimate of drug-likeness (QED) is 0.781. The summed E-state index contributed by atoms with van der Waals surface area (Å²) in [5, 5.41) is -1.19. The van der Waals surface area contributed by atoms with Crippen molar-refractivity contribution in [2.75, 3.05) is 19.6 Å². The number of rotatable bonds is 4. The minimum atomic E-state index is -4.65. The highest BCUT2D eigenvalue weighted by Crippen LogP contribution is 2.26. The topological polar surface area (TPSA) is 57.7 Å². The maximum atomic E-state index is 13.2. The first-order chi connectivity index (χ1) is 10.9. The maximum Gasteiger partial charge on any atom is 0.307 e. The number of carbonyl (C=O) groups is 1. The Kier molecular flexibility index (Phi) is 4.68. The molecule has 0 saturated carbocycles. The molecule has 0 bridgehead atoms. The summed E-state index contributed by atoms with van der Waals surface area (Å²) >= 11 is 0. The zero-order valence-corrected chi connectivity index (χ0v) is 13.7. The van der Waals surface area contributed by atoms with E-state index >= 15 is 0 Å². The average Bonchev–Trinajstić information content (AvgIpc) is 2.91. The van der Waals surface area contributed by atoms with Gasteiger partial charge in [0, 0.05) is 32.1 Å². The molecule has 2 heterocycles. The molecule has 23 heavy (non-hydrogen) atoms. The summed E-state index contributed by atoms with van der Waals surface area (Å²) in [7, 11) is -4.65. The number of benzene rings is 1. The van der Waals surface area contributed by atoms with E-state index in [1.165, 1.54) is 5.56 Å². The molecule has 1 aromatic carbocycles. The first-order valence-corrected chi connectivity index (χ1v) is 9.37. The normalized spacial score (nSPS) is 26.7. The second kappa shape index (κ2) is 6.57. The summed E-state index contributed by atoms with van der Waals surface area (Å²) in [4.78, 5) is 15.9. The SMILES string of the molecule is O=C1CC(S(=O)(=O)F)CN1[C@@H]1CCCN(Cc2ccccc2)C1. The third kappa shape index (κ3) is 3.90. The van der Waals surface area contributed by atoms with Gasteiger partial charge in [-0.2, -0.15) is 8.42 Å². The van der Waals surface area contributed by atoms with Crippen molar-refractivity contribution in [1.82, 2.24) is 9.80 Å². The Balaban J connectivity index is 1.63. The molecule has 0 spiro atoms. The summed E-state index contributed by atoms with van der Waals surface area (Å²) in [5.74, 6) is -0.247. The number of hydrogen-bond acceptors (Lipinski definition) is 4. The fourth-order valence-electron chi connectivity index (χ4n) is 3.51. The summed E-state index contributed by atoms with van der Waals surface area (Å²) < 4.78 is 35.3. The molecule has 7 heteroatoms. The van der Waals surface area contributed by atoms with E-state index in [2.05, 4.69) is 17.0 Å². The van der Waals surface area contributed by atoms with Gasteiger partial charge < -0.3 is 4.90 Å². The lowest BCUT2D eigenvalue weighted by Crippen LogP contribution is -2.48. The molecule has 126 valence electrons. The Bertz CT molecular complexity index is 665. The van der Waals surface area contributed by atoms with Crippen molar-refractivity contribution in [3.63, 3.8) is 0 Å². The fraction of sp³-hybridized carbons (Fsp3) is 0.562. The number of halogens is 1. The minimum Gasteiger partial charge on any atom is -0.337 e. The van der Waals surface area contributed by atoms with Crippen LogP contribution >= 0.6 is 0 Å². The van der Waals surface area contributed by atoms with E-state index < -0.39 is 15.5 Å². The van der Waals surface area contributed by atoms with Crippen molar-refractivity contribution in [2.45, 2.75) is 37.1 Å². The molecular formula is C16H21FN2O3S. The van der Waals surface area contributed by atoms with Crippen LogP contribution < -0.4 is 0 Å². The molecular weight excluding hydrogens is 319 g/mol. The molecule has 1 amide bonds. The summed E-state index contributed by atoms with van der Waals surface area (Å²) in [6.45, 7) is 2.46. The van der Waals surface area contributed by atoms with Crippen LogP contribution in [0.4, 0.5) is 3.89 Å². The Morgan fingerprint density at radius 3 is 2.57 bits per heavy atom. The third-order valence-corrected chi connectivity index (χ3v) is 5.80. The molecule has 1 unspecified atom stereocenters. The Morgan fingerprint density at radius 1 is 1.17 bits per heavy atom. The van der Waals surface area contributed by atoms with E-state index in [1.54, 1.807) is 4.90 Å². The minimum absolute atomic E-state index is 0.0124. The molecule has 2 saturated heterocycles. The largest absolute Gasteiger partial charge is 0.337 e. The van der Waals surface area contributed by atoms with E-state index in [0.717, 1.165) is 25.9 Å². The van der Waals surface area contributed by atoms with Gasteiger partial charge in [0.25, 0.3) is 0 Å². The molecule has 0 radical (unpaired) electrons. The van der Waals surface area contributed by atoms with Gasteiger partial charge in [-0.1, -0.05) is 30.3 Å². The zero-order valence-electron chi connectivity index (χ0n) is 12.9. The molecule has 3 rings (SSSR count). The molecule has 0 N–H and O–H groups in total. The second-order valence-electron chi connectivity index (χ2n) is 6.36. The van der Waals surface area contributed by atoms with Crippen molar-refractivity contribution < 1.29 is 17.1 Å². The number of carbonyl (C=O) groups excluding carboxylic acids is 1. The van der Waals surface area contributed by atoms with Gasteiger partial charge in [0.2, 0.25) is 5.91 Å². The van der Waals surface area contributed by atoms with Crippen molar-refractivity contribution in [1.29, 1.82) is 0 Å². The van der Waals surface area contributed by atoms with Crippen LogP contribution in [0.3, 0.4) is 0 Å². The van der Waals surface area contributed by atoms with E-state index in [4.69, 9.17) is 0 Å². The summed E-state index contributed by atoms with van der Waals surface area (Å²) in [6.07, 6.45) is 1.57. The number of amides is 1. The summed E-state index contributed by atoms with van der Waals surface area (Å²) in [6, 6.07) is 10.1. The molecule has 2 aliphatic rings. The van der Waals surface area contributed by atoms with Crippen LogP contribution in [0.25, 0.3) is 0 Å². The van der Waals surface area contributed by atoms with Crippen molar-refractivity contribution in [2.24, 2.45) is 0 Å². The van der Waals surface area contributed by atoms with Gasteiger partial charge in [0.05, 0.1) is 0 Å². The van der Waals surface area contributed by atoms with Gasteiger partial charge in [-0.3, -0.25) is 9.69 Å². The number of nitrogens with zero attached hydrogens (tertiary/aromatic N) is 2. The van der Waals surface area contributed by atoms with Crippen molar-refractivity contribution in [3.8, 4) is 0 Å². The van der Waals surface area contributed by atoms with Crippen molar-refractivity contribution in [3.05, 3.63) is 35.9 Å². The molecule has 2 fully saturated rings. The van der Waals surface area contributed by atoms with Crippen LogP contribution in [0, 0.1) is 0 Å². The van der Waals surface area contributed by atoms with Gasteiger partial charge in [0.1, 0.15) is 5.25 Å². The van der Waals surface area contributed by atoms with E-state index in [-0.39, 0.29) is 24.9 Å². The van der Waals surface area contributed by atoms with Gasteiger partial charge in [-0.15, -0.1) is 3.89 Å². The first kappa shape index (κ1) is 16.4. The Morgan fingerprint density at radius 2 is 1.91 bits per heavy atom. The molecule has 0 aromatic heterocycles. The van der Waals surface area contributed by atoms with Crippen LogP contribution in [0.15, 0.2) is 30.3 Å². The Labute approximate surface area is 136 Å². The monoisotopic (exact) mass is 340 g/mol. The zero-order chi connectivity index (χ0) is 16.4. The molecule has 2 atom stereocenters. The van der Waals surface area contributed by atoms with Crippen LogP contribution in [0.2, 0.25) is 0 Å². The van der Waals surface area contributed by atoms with Crippen molar-refractivity contribution >= 4 is 16.1 Å². The molecule has 1 aromatic rings. The second-order valence-corrected chi connectivity index (χ2v) is 7.98. The predicted octanol–water partition coefficient (Wildman–Crippen LogP) is 1.55. The highest BCUT2D eigenvalue weighted by molar-refractivity contribution is 7.87. The molecule has 5 nitrogen and oxygen atoms in total. The number of hydrogen-bond donors (Lipinski definition) is 0. The average molecular weight is 340 g/mol. The lowest BCUT2D eigenvalue weighted by molar-refractivity contribution is -0.130. The smallest absolute Gasteiger partial charge is 0.307 e. The first-order valence-electron chi connectivity index (χ1n) is 7.92. The van der Waals surface area contributed by atoms with E-state index in [9.17, 15) is 17.1 Å². The van der Waals surface area contributed by atoms with Gasteiger partial charge in [-0.05, 0) is 24.9 Å². The number of piperidine rings is 1. The van der Waals surface area contributed by atoms with Crippen LogP contribution in [0.1, 0.15) is 24.8 Å². The van der Waals surface area contributed by atoms with Gasteiger partial charge in [-0.25, -0.2) is 0 Å². The summed E-state index contributed by atoms with van der Waals surface area (Å²) in [5.41, 5.74) is 1.21. The lowest BCUT2D eigenvalue weighted by atomic mass is 10.0. The Hall–Kier alpha value is -1.47. The fourth-order valence-corrected chi connectivity index (χ4v) is 4.19. The van der Waals surface area contributed by atoms with E-state index in [0.29, 0.717) is 6.54 Å². The standard InChI is InChI=1S/C16H21FN2O3S/c17-23(21,22)15-9-16(20)19(12-15)14-7-4-8-18(11-14)10-13-5-2-1-3-6-13/h1-3,5-6,14-15H,4,7-12H2/t14-,15?/m1/s1. The van der Waals surface area contributed by atoms with Gasteiger partial charge >= 0.3 is 10.2 Å². The number of likely N-dealkylation sites (tertiary alicyclic amines) is 2. The lowest BCUT2D eigenvalue weighted by Gasteiger charge is -2.37. The maximum absolute atomic E-state index is 13.2. The molecule has 2 aliphatic heterocycles. The molecule has 0 aliphatic carbocycles. The highest BCUT2D eigenvalue weighted by Gasteiger charge is 2.42. The van der Waals surface area contributed by atoms with Crippen LogP contribution in [-0.4, -0.2) is 55.1 Å². The van der Waals surface area contributed by atoms with Crippen LogP contribution in [0.5, 0.6) is 0 Å². The van der Waals surface area contributed by atoms with Gasteiger partial charge in [0.15, 0.2) is 0 Å². The van der Waals surface area contributed by atoms with Crippen LogP contribution in [-0.2, 0) is 21.6 Å². The highest BCUT2D eigenvalue weighted by atomic mass is 32.3. The third-order valence-electron chi connectivity index (χ3n) is 4.69. The predicted molar refractivity (Wildman–Crippen MR) is 84.9 cm³/mol. The van der Waals surface area contributed by atoms with E-state index in [1.807, 2.05) is 18.2 Å².